The number of hydrogen-bond acceptors (Lipinski definition) is 10. The third kappa shape index (κ3) is 6.93. The van der Waals surface area contributed by atoms with Crippen molar-refractivity contribution in [1.29, 1.82) is 0 Å². The largest absolute Gasteiger partial charge is 0.507 e. The number of ether oxygens (including phenoxy) is 1. The number of rotatable bonds is 10. The van der Waals surface area contributed by atoms with Crippen LogP contribution in [0, 0.1) is 24.0 Å². The lowest BCUT2D eigenvalue weighted by Crippen LogP contribution is -2.29. The van der Waals surface area contributed by atoms with Crippen molar-refractivity contribution in [3.05, 3.63) is 146 Å². The van der Waals surface area contributed by atoms with E-state index >= 15 is 0 Å². The molecule has 0 bridgehead atoms. The highest BCUT2D eigenvalue weighted by Crippen LogP contribution is 2.44. The number of amides is 1. The Hall–Kier alpha value is -5.33. The number of aliphatic hydroxyl groups excluding tert-OH is 1. The van der Waals surface area contributed by atoms with Crippen molar-refractivity contribution in [2.45, 2.75) is 36.6 Å². The number of nitro benzene ring substituents is 1. The Morgan fingerprint density at radius 1 is 0.936 bits per heavy atom. The number of ketones is 1. The van der Waals surface area contributed by atoms with Crippen LogP contribution in [-0.4, -0.2) is 31.9 Å². The number of thioether (sulfide) groups is 1. The fourth-order valence-electron chi connectivity index (χ4n) is 5.17. The van der Waals surface area contributed by atoms with Gasteiger partial charge in [0.25, 0.3) is 11.5 Å². The van der Waals surface area contributed by atoms with E-state index in [0.29, 0.717) is 22.4 Å². The summed E-state index contributed by atoms with van der Waals surface area (Å²) < 4.78 is 6.47. The topological polar surface area (TPSA) is 136 Å². The molecule has 1 aromatic heterocycles. The monoisotopic (exact) mass is 664 g/mol. The summed E-state index contributed by atoms with van der Waals surface area (Å²) in [5.41, 5.74) is 4.45. The van der Waals surface area contributed by atoms with E-state index in [1.54, 1.807) is 30.3 Å². The zero-order valence-electron chi connectivity index (χ0n) is 25.3. The Morgan fingerprint density at radius 2 is 1.68 bits per heavy atom. The van der Waals surface area contributed by atoms with Crippen molar-refractivity contribution >= 4 is 51.4 Å². The second kappa shape index (κ2) is 13.6. The quantitative estimate of drug-likeness (QED) is 0.0305. The summed E-state index contributed by atoms with van der Waals surface area (Å²) in [5.74, 6) is -1.13. The van der Waals surface area contributed by atoms with Gasteiger partial charge >= 0.3 is 5.91 Å². The average Bonchev–Trinajstić information content (AvgIpc) is 3.65. The van der Waals surface area contributed by atoms with Gasteiger partial charge in [-0.2, -0.15) is 0 Å². The first-order valence-electron chi connectivity index (χ1n) is 14.5. The molecule has 1 N–H and O–H groups in total. The summed E-state index contributed by atoms with van der Waals surface area (Å²) in [7, 11) is 0. The molecule has 1 atom stereocenters. The first kappa shape index (κ1) is 31.6. The SMILES string of the molecule is Cc1ccc(CSc2nnc(N3C(=O)C(=O)/C(=C(/O)c4ccc(OCc5cccc(C)c5)cc4)C3c3cccc([N+](=O)[O-])c3)s2)cc1. The summed E-state index contributed by atoms with van der Waals surface area (Å²) in [5, 5.41) is 31.8. The normalized spacial score (nSPS) is 15.6. The van der Waals surface area contributed by atoms with Crippen LogP contribution >= 0.6 is 23.1 Å². The molecular weight excluding hydrogens is 637 g/mol. The number of carbonyl (C=O) groups excluding carboxylic acids is 2. The van der Waals surface area contributed by atoms with Gasteiger partial charge in [-0.1, -0.05) is 94.9 Å². The zero-order chi connectivity index (χ0) is 33.1. The van der Waals surface area contributed by atoms with Crippen LogP contribution in [0.5, 0.6) is 5.75 Å². The van der Waals surface area contributed by atoms with E-state index in [4.69, 9.17) is 4.74 Å². The van der Waals surface area contributed by atoms with Gasteiger partial charge in [0.1, 0.15) is 18.1 Å². The Bertz CT molecular complexity index is 2010. The Morgan fingerprint density at radius 3 is 2.40 bits per heavy atom. The van der Waals surface area contributed by atoms with Crippen molar-refractivity contribution in [1.82, 2.24) is 10.2 Å². The number of aryl methyl sites for hydroxylation is 2. The van der Waals surface area contributed by atoms with Crippen LogP contribution in [0.25, 0.3) is 5.76 Å². The highest BCUT2D eigenvalue weighted by atomic mass is 32.2. The summed E-state index contributed by atoms with van der Waals surface area (Å²) in [6.07, 6.45) is 0. The third-order valence-electron chi connectivity index (χ3n) is 7.54. The molecule has 4 aromatic carbocycles. The molecule has 1 unspecified atom stereocenters. The molecule has 6 rings (SSSR count). The molecule has 1 fully saturated rings. The van der Waals surface area contributed by atoms with Crippen LogP contribution in [0.3, 0.4) is 0 Å². The van der Waals surface area contributed by atoms with Crippen molar-refractivity contribution < 1.29 is 24.4 Å². The second-order valence-electron chi connectivity index (χ2n) is 10.9. The van der Waals surface area contributed by atoms with E-state index in [9.17, 15) is 24.8 Å². The lowest BCUT2D eigenvalue weighted by Gasteiger charge is -2.22. The predicted octanol–water partition coefficient (Wildman–Crippen LogP) is 7.56. The van der Waals surface area contributed by atoms with Crippen LogP contribution in [-0.2, 0) is 21.9 Å². The molecule has 0 radical (unpaired) electrons. The number of Topliss-reactive ketones (excluding diaryl/α,β-unsaturated/α-hetero) is 1. The molecule has 1 aliphatic heterocycles. The first-order chi connectivity index (χ1) is 22.7. The maximum absolute atomic E-state index is 13.6. The van der Waals surface area contributed by atoms with E-state index in [1.165, 1.54) is 30.0 Å². The van der Waals surface area contributed by atoms with Gasteiger partial charge in [-0.05, 0) is 54.8 Å². The summed E-state index contributed by atoms with van der Waals surface area (Å²) in [4.78, 5) is 39.4. The summed E-state index contributed by atoms with van der Waals surface area (Å²) in [6, 6.07) is 27.0. The molecule has 1 amide bonds. The van der Waals surface area contributed by atoms with Gasteiger partial charge in [0.15, 0.2) is 4.34 Å². The molecule has 0 saturated carbocycles. The van der Waals surface area contributed by atoms with E-state index in [0.717, 1.165) is 38.5 Å². The smallest absolute Gasteiger partial charge is 0.301 e. The van der Waals surface area contributed by atoms with Crippen LogP contribution in [0.15, 0.2) is 107 Å². The van der Waals surface area contributed by atoms with E-state index < -0.39 is 28.4 Å². The maximum Gasteiger partial charge on any atom is 0.301 e. The van der Waals surface area contributed by atoms with Crippen LogP contribution in [0.4, 0.5) is 10.8 Å². The van der Waals surface area contributed by atoms with Gasteiger partial charge in [-0.3, -0.25) is 24.6 Å². The van der Waals surface area contributed by atoms with Gasteiger partial charge in [-0.15, -0.1) is 10.2 Å². The van der Waals surface area contributed by atoms with Gasteiger partial charge in [0.05, 0.1) is 16.5 Å². The number of anilines is 1. The van der Waals surface area contributed by atoms with Gasteiger partial charge in [0, 0.05) is 23.4 Å². The van der Waals surface area contributed by atoms with Crippen molar-refractivity contribution in [3.8, 4) is 5.75 Å². The number of hydrogen-bond donors (Lipinski definition) is 1. The molecular formula is C35H28N4O6S2. The number of non-ortho nitro benzene ring substituents is 1. The number of aromatic nitrogens is 2. The fourth-order valence-corrected chi connectivity index (χ4v) is 7.00. The molecule has 236 valence electrons. The van der Waals surface area contributed by atoms with Crippen LogP contribution < -0.4 is 9.64 Å². The zero-order valence-corrected chi connectivity index (χ0v) is 27.0. The second-order valence-corrected chi connectivity index (χ2v) is 13.1. The van der Waals surface area contributed by atoms with Crippen molar-refractivity contribution in [2.75, 3.05) is 4.90 Å². The average molecular weight is 665 g/mol. The van der Waals surface area contributed by atoms with Crippen molar-refractivity contribution in [3.63, 3.8) is 0 Å². The number of carbonyl (C=O) groups is 2. The lowest BCUT2D eigenvalue weighted by molar-refractivity contribution is -0.384. The number of nitrogens with zero attached hydrogens (tertiary/aromatic N) is 4. The number of benzene rings is 4. The molecule has 1 aliphatic rings. The molecule has 10 nitrogen and oxygen atoms in total. The maximum atomic E-state index is 13.6. The number of nitro groups is 1. The fraction of sp³-hybridized carbons (Fsp3) is 0.143. The number of aliphatic hydroxyl groups is 1. The molecule has 5 aromatic rings. The third-order valence-corrected chi connectivity index (χ3v) is 9.67. The molecule has 1 saturated heterocycles. The molecule has 12 heteroatoms. The van der Waals surface area contributed by atoms with Gasteiger partial charge in [0.2, 0.25) is 5.13 Å². The minimum absolute atomic E-state index is 0.133. The standard InChI is InChI=1S/C35H28N4O6S2/c1-21-9-11-23(12-10-21)20-46-35-37-36-34(47-35)38-30(26-7-4-8-27(18-26)39(43)44)29(32(41)33(38)42)31(40)25-13-15-28(16-14-25)45-19-24-6-3-5-22(2)17-24/h3-18,30,40H,19-20H2,1-2H3/b31-29+. The molecule has 2 heterocycles. The molecule has 0 spiro atoms. The van der Waals surface area contributed by atoms with Gasteiger partial charge < -0.3 is 9.84 Å². The van der Waals surface area contributed by atoms with Crippen LogP contribution in [0.2, 0.25) is 0 Å². The Balaban J connectivity index is 1.32. The van der Waals surface area contributed by atoms with E-state index in [-0.39, 0.29) is 27.5 Å². The Kier molecular flexibility index (Phi) is 9.14. The summed E-state index contributed by atoms with van der Waals surface area (Å²) in [6.45, 7) is 4.36. The minimum atomic E-state index is -1.19. The molecule has 0 aliphatic carbocycles. The highest BCUT2D eigenvalue weighted by Gasteiger charge is 2.48. The van der Waals surface area contributed by atoms with E-state index in [2.05, 4.69) is 10.2 Å². The molecule has 47 heavy (non-hydrogen) atoms. The summed E-state index contributed by atoms with van der Waals surface area (Å²) >= 11 is 2.55. The minimum Gasteiger partial charge on any atom is -0.507 e. The van der Waals surface area contributed by atoms with Crippen molar-refractivity contribution in [2.24, 2.45) is 0 Å². The van der Waals surface area contributed by atoms with E-state index in [1.807, 2.05) is 62.4 Å². The highest BCUT2D eigenvalue weighted by molar-refractivity contribution is 8.00. The van der Waals surface area contributed by atoms with Crippen LogP contribution in [0.1, 0.15) is 39.4 Å². The lowest BCUT2D eigenvalue weighted by atomic mass is 9.95. The first-order valence-corrected chi connectivity index (χ1v) is 16.3. The Labute approximate surface area is 278 Å². The van der Waals surface area contributed by atoms with Gasteiger partial charge in [-0.25, -0.2) is 0 Å². The predicted molar refractivity (Wildman–Crippen MR) is 180 cm³/mol.